The molecule has 0 aliphatic carbocycles. The number of amides is 3. The summed E-state index contributed by atoms with van der Waals surface area (Å²) in [6.07, 6.45) is 28.0. The van der Waals surface area contributed by atoms with Crippen LogP contribution in [-0.2, 0) is 4.79 Å². The molecular weight excluding hydrogens is 496 g/mol. The Morgan fingerprint density at radius 3 is 1.37 bits per heavy atom. The second-order valence-electron chi connectivity index (χ2n) is 10.9. The van der Waals surface area contributed by atoms with Gasteiger partial charge in [0.2, 0.25) is 5.91 Å². The number of nitrogens with one attached hydrogen (secondary N) is 3. The summed E-state index contributed by atoms with van der Waals surface area (Å²) in [7, 11) is 0. The minimum absolute atomic E-state index is 0. The van der Waals surface area contributed by atoms with Crippen LogP contribution in [0.3, 0.4) is 0 Å². The number of unbranched alkanes of at least 4 members (excludes halogenated alkanes) is 19. The summed E-state index contributed by atoms with van der Waals surface area (Å²) in [6.45, 7) is 6.44. The van der Waals surface area contributed by atoms with Gasteiger partial charge in [0.05, 0.1) is 0 Å². The van der Waals surface area contributed by atoms with Crippen LogP contribution in [0.5, 0.6) is 0 Å². The van der Waals surface area contributed by atoms with Gasteiger partial charge in [-0.3, -0.25) is 4.79 Å². The Morgan fingerprint density at radius 1 is 0.553 bits per heavy atom. The molecule has 0 bridgehead atoms. The molecule has 0 aromatic carbocycles. The molecule has 0 spiro atoms. The van der Waals surface area contributed by atoms with Crippen molar-refractivity contribution in [3.05, 3.63) is 0 Å². The van der Waals surface area contributed by atoms with Gasteiger partial charge in [0.25, 0.3) is 0 Å². The number of nitrogens with two attached hydrogens (primary N) is 1. The van der Waals surface area contributed by atoms with Crippen LogP contribution in [0, 0.1) is 0 Å². The SMILES string of the molecule is CCCCCCCCCCCCCCCCNC(=O)N[C@@H](CCCCN)C(=O)NCCCCCCCC.Cl. The molecule has 1 atom stereocenters. The van der Waals surface area contributed by atoms with E-state index in [0.29, 0.717) is 26.1 Å². The van der Waals surface area contributed by atoms with Crippen molar-refractivity contribution in [2.24, 2.45) is 5.73 Å². The van der Waals surface area contributed by atoms with Gasteiger partial charge in [-0.2, -0.15) is 0 Å². The monoisotopic (exact) mass is 560 g/mol. The van der Waals surface area contributed by atoms with E-state index in [2.05, 4.69) is 29.8 Å². The van der Waals surface area contributed by atoms with E-state index in [1.165, 1.54) is 103 Å². The third-order valence-corrected chi connectivity index (χ3v) is 7.21. The number of urea groups is 1. The molecule has 0 heterocycles. The molecule has 0 rings (SSSR count). The van der Waals surface area contributed by atoms with Gasteiger partial charge < -0.3 is 21.7 Å². The van der Waals surface area contributed by atoms with Gasteiger partial charge >= 0.3 is 6.03 Å². The fraction of sp³-hybridized carbons (Fsp3) is 0.935. The quantitative estimate of drug-likeness (QED) is 0.0726. The molecule has 0 radical (unpaired) electrons. The van der Waals surface area contributed by atoms with E-state index >= 15 is 0 Å². The summed E-state index contributed by atoms with van der Waals surface area (Å²) in [6, 6.07) is -0.717. The number of carbonyl (C=O) groups excluding carboxylic acids is 2. The average Bonchev–Trinajstić information content (AvgIpc) is 2.89. The van der Waals surface area contributed by atoms with Crippen molar-refractivity contribution in [3.63, 3.8) is 0 Å². The Balaban J connectivity index is 0. The summed E-state index contributed by atoms with van der Waals surface area (Å²) in [5.41, 5.74) is 5.61. The molecule has 3 amide bonds. The van der Waals surface area contributed by atoms with Crippen LogP contribution in [0.1, 0.15) is 162 Å². The predicted octanol–water partition coefficient (Wildman–Crippen LogP) is 8.16. The lowest BCUT2D eigenvalue weighted by Gasteiger charge is -2.19. The molecule has 0 aliphatic rings. The Kier molecular flexibility index (Phi) is 33.2. The Bertz CT molecular complexity index is 508. The fourth-order valence-corrected chi connectivity index (χ4v) is 4.73. The van der Waals surface area contributed by atoms with Crippen LogP contribution in [0.25, 0.3) is 0 Å². The minimum Gasteiger partial charge on any atom is -0.354 e. The van der Waals surface area contributed by atoms with Crippen LogP contribution >= 0.6 is 12.4 Å². The maximum absolute atomic E-state index is 12.6. The van der Waals surface area contributed by atoms with E-state index in [4.69, 9.17) is 5.73 Å². The second-order valence-corrected chi connectivity index (χ2v) is 10.9. The van der Waals surface area contributed by atoms with Crippen LogP contribution in [0.15, 0.2) is 0 Å². The highest BCUT2D eigenvalue weighted by Gasteiger charge is 2.19. The highest BCUT2D eigenvalue weighted by atomic mass is 35.5. The molecule has 7 heteroatoms. The first-order valence-electron chi connectivity index (χ1n) is 16.2. The molecule has 0 aliphatic heterocycles. The molecular formula is C31H65ClN4O2. The first-order chi connectivity index (χ1) is 18.2. The highest BCUT2D eigenvalue weighted by Crippen LogP contribution is 2.13. The Morgan fingerprint density at radius 2 is 0.947 bits per heavy atom. The van der Waals surface area contributed by atoms with Crippen LogP contribution in [0.2, 0.25) is 0 Å². The molecule has 0 saturated carbocycles. The summed E-state index contributed by atoms with van der Waals surface area (Å²) in [5, 5.41) is 8.85. The van der Waals surface area contributed by atoms with E-state index in [1.54, 1.807) is 0 Å². The van der Waals surface area contributed by atoms with Crippen LogP contribution in [-0.4, -0.2) is 37.6 Å². The minimum atomic E-state index is -0.483. The number of carbonyl (C=O) groups is 2. The maximum Gasteiger partial charge on any atom is 0.315 e. The smallest absolute Gasteiger partial charge is 0.315 e. The lowest BCUT2D eigenvalue weighted by Crippen LogP contribution is -2.50. The van der Waals surface area contributed by atoms with E-state index in [9.17, 15) is 9.59 Å². The van der Waals surface area contributed by atoms with Gasteiger partial charge in [-0.15, -0.1) is 12.4 Å². The molecule has 0 saturated heterocycles. The number of hydrogen-bond donors (Lipinski definition) is 4. The lowest BCUT2D eigenvalue weighted by atomic mass is 10.0. The van der Waals surface area contributed by atoms with Crippen molar-refractivity contribution >= 4 is 24.3 Å². The first-order valence-corrected chi connectivity index (χ1v) is 16.2. The second kappa shape index (κ2) is 32.2. The van der Waals surface area contributed by atoms with Crippen molar-refractivity contribution in [2.75, 3.05) is 19.6 Å². The summed E-state index contributed by atoms with van der Waals surface area (Å²) >= 11 is 0. The highest BCUT2D eigenvalue weighted by molar-refractivity contribution is 5.87. The molecule has 5 N–H and O–H groups in total. The van der Waals surface area contributed by atoms with Crippen molar-refractivity contribution in [1.29, 1.82) is 0 Å². The maximum atomic E-state index is 12.6. The fourth-order valence-electron chi connectivity index (χ4n) is 4.73. The zero-order chi connectivity index (χ0) is 27.2. The third-order valence-electron chi connectivity index (χ3n) is 7.21. The predicted molar refractivity (Wildman–Crippen MR) is 167 cm³/mol. The van der Waals surface area contributed by atoms with E-state index in [0.717, 1.165) is 38.5 Å². The van der Waals surface area contributed by atoms with Gasteiger partial charge in [0, 0.05) is 13.1 Å². The zero-order valence-corrected chi connectivity index (χ0v) is 26.1. The molecule has 0 fully saturated rings. The number of halogens is 1. The van der Waals surface area contributed by atoms with Gasteiger partial charge in [-0.05, 0) is 38.6 Å². The Labute approximate surface area is 242 Å². The Hall–Kier alpha value is -1.01. The largest absolute Gasteiger partial charge is 0.354 e. The van der Waals surface area contributed by atoms with Gasteiger partial charge in [0.15, 0.2) is 0 Å². The van der Waals surface area contributed by atoms with Crippen molar-refractivity contribution in [2.45, 2.75) is 168 Å². The average molecular weight is 561 g/mol. The van der Waals surface area contributed by atoms with E-state index < -0.39 is 6.04 Å². The van der Waals surface area contributed by atoms with Crippen molar-refractivity contribution in [1.82, 2.24) is 16.0 Å². The summed E-state index contributed by atoms with van der Waals surface area (Å²) in [4.78, 5) is 25.0. The van der Waals surface area contributed by atoms with Crippen molar-refractivity contribution < 1.29 is 9.59 Å². The van der Waals surface area contributed by atoms with Crippen LogP contribution in [0.4, 0.5) is 4.79 Å². The number of rotatable bonds is 28. The molecule has 6 nitrogen and oxygen atoms in total. The van der Waals surface area contributed by atoms with E-state index in [1.807, 2.05) is 0 Å². The van der Waals surface area contributed by atoms with Crippen molar-refractivity contribution in [3.8, 4) is 0 Å². The molecule has 0 aromatic heterocycles. The first kappa shape index (κ1) is 39.1. The molecule has 0 unspecified atom stereocenters. The standard InChI is InChI=1S/C31H64N4O2.ClH/c1-3-5-7-9-11-12-13-14-15-16-17-18-20-24-28-34-31(37)35-29(25-21-22-26-32)30(36)33-27-23-19-10-8-6-4-2;/h29H,3-28,32H2,1-2H3,(H,33,36)(H2,34,35,37);1H/t29-;/m0./s1. The molecule has 0 aromatic rings. The zero-order valence-electron chi connectivity index (χ0n) is 25.3. The van der Waals surface area contributed by atoms with Gasteiger partial charge in [0.1, 0.15) is 6.04 Å². The van der Waals surface area contributed by atoms with E-state index in [-0.39, 0.29) is 24.3 Å². The number of hydrogen-bond acceptors (Lipinski definition) is 3. The summed E-state index contributed by atoms with van der Waals surface area (Å²) in [5.74, 6) is -0.0720. The topological polar surface area (TPSA) is 96.2 Å². The summed E-state index contributed by atoms with van der Waals surface area (Å²) < 4.78 is 0. The van der Waals surface area contributed by atoms with Gasteiger partial charge in [-0.1, -0.05) is 129 Å². The van der Waals surface area contributed by atoms with Gasteiger partial charge in [-0.25, -0.2) is 4.79 Å². The molecule has 38 heavy (non-hydrogen) atoms. The third kappa shape index (κ3) is 28.0. The molecule has 228 valence electrons. The van der Waals surface area contributed by atoms with Crippen LogP contribution < -0.4 is 21.7 Å². The normalized spacial score (nSPS) is 11.6. The lowest BCUT2D eigenvalue weighted by molar-refractivity contribution is -0.123.